The van der Waals surface area contributed by atoms with Crippen LogP contribution in [0.4, 0.5) is 0 Å². The molecule has 3 aromatic rings. The number of likely N-dealkylation sites (tertiary alicyclic amines) is 1. The van der Waals surface area contributed by atoms with Crippen molar-refractivity contribution >= 4 is 5.65 Å². The van der Waals surface area contributed by atoms with Gasteiger partial charge in [-0.25, -0.2) is 0 Å². The van der Waals surface area contributed by atoms with E-state index in [4.69, 9.17) is 4.74 Å². The molecule has 0 N–H and O–H groups in total. The molecule has 0 bridgehead atoms. The van der Waals surface area contributed by atoms with Crippen LogP contribution in [0.2, 0.25) is 0 Å². The Bertz CT molecular complexity index is 848. The summed E-state index contributed by atoms with van der Waals surface area (Å²) < 4.78 is 7.63. The number of nitrogens with zero attached hydrogens (tertiary/aromatic N) is 6. The lowest BCUT2D eigenvalue weighted by molar-refractivity contribution is 0.107. The lowest BCUT2D eigenvalue weighted by Crippen LogP contribution is -2.26. The molecule has 0 radical (unpaired) electrons. The molecule has 0 aliphatic carbocycles. The van der Waals surface area contributed by atoms with Gasteiger partial charge in [0.1, 0.15) is 0 Å². The highest BCUT2D eigenvalue weighted by Gasteiger charge is 2.36. The third-order valence-electron chi connectivity index (χ3n) is 4.55. The van der Waals surface area contributed by atoms with Crippen LogP contribution in [0.25, 0.3) is 5.65 Å². The zero-order valence-electron chi connectivity index (χ0n) is 13.8. The maximum Gasteiger partial charge on any atom is 0.179 e. The van der Waals surface area contributed by atoms with E-state index in [2.05, 4.69) is 38.1 Å². The highest BCUT2D eigenvalue weighted by atomic mass is 16.5. The minimum Gasteiger partial charge on any atom is -0.380 e. The van der Waals surface area contributed by atoms with Crippen molar-refractivity contribution in [2.24, 2.45) is 0 Å². The molecule has 0 unspecified atom stereocenters. The molecular weight excluding hydrogens is 304 g/mol. The summed E-state index contributed by atoms with van der Waals surface area (Å²) in [5, 5.41) is 8.66. The first-order chi connectivity index (χ1) is 11.7. The normalized spacial score (nSPS) is 21.6. The molecule has 1 saturated heterocycles. The largest absolute Gasteiger partial charge is 0.380 e. The molecule has 0 aromatic carbocycles. The van der Waals surface area contributed by atoms with Crippen LogP contribution >= 0.6 is 0 Å². The highest BCUT2D eigenvalue weighted by molar-refractivity contribution is 5.34. The first-order valence-electron chi connectivity index (χ1n) is 8.06. The lowest BCUT2D eigenvalue weighted by atomic mass is 10.1. The second kappa shape index (κ2) is 6.26. The molecule has 1 aliphatic rings. The summed E-state index contributed by atoms with van der Waals surface area (Å²) in [6.45, 7) is 3.75. The van der Waals surface area contributed by atoms with Gasteiger partial charge in [0.15, 0.2) is 11.5 Å². The molecule has 124 valence electrons. The van der Waals surface area contributed by atoms with Gasteiger partial charge in [0, 0.05) is 45.0 Å². The fraction of sp³-hybridized carbons (Fsp3) is 0.412. The Morgan fingerprint density at radius 1 is 1.21 bits per heavy atom. The molecule has 4 rings (SSSR count). The second-order valence-electron chi connectivity index (χ2n) is 6.27. The van der Waals surface area contributed by atoms with Gasteiger partial charge < -0.3 is 4.74 Å². The second-order valence-corrected chi connectivity index (χ2v) is 6.27. The quantitative estimate of drug-likeness (QED) is 0.729. The topological polar surface area (TPSA) is 68.4 Å². The molecule has 7 heteroatoms. The zero-order valence-corrected chi connectivity index (χ0v) is 13.8. The average Bonchev–Trinajstić information content (AvgIpc) is 3.18. The number of methoxy groups -OCH3 is 1. The summed E-state index contributed by atoms with van der Waals surface area (Å²) in [4.78, 5) is 10.8. The van der Waals surface area contributed by atoms with Gasteiger partial charge in [-0.05, 0) is 24.5 Å². The van der Waals surface area contributed by atoms with Crippen LogP contribution in [0.1, 0.15) is 29.4 Å². The summed E-state index contributed by atoms with van der Waals surface area (Å²) >= 11 is 0. The number of aryl methyl sites for hydroxylation is 1. The molecule has 3 aromatic heterocycles. The van der Waals surface area contributed by atoms with Gasteiger partial charge in [0.05, 0.1) is 18.3 Å². The average molecular weight is 324 g/mol. The van der Waals surface area contributed by atoms with E-state index < -0.39 is 0 Å². The predicted octanol–water partition coefficient (Wildman–Crippen LogP) is 1.79. The van der Waals surface area contributed by atoms with E-state index in [-0.39, 0.29) is 12.1 Å². The first kappa shape index (κ1) is 15.2. The van der Waals surface area contributed by atoms with E-state index in [1.165, 1.54) is 11.1 Å². The Morgan fingerprint density at radius 2 is 2.12 bits per heavy atom. The summed E-state index contributed by atoms with van der Waals surface area (Å²) in [5.41, 5.74) is 3.14. The van der Waals surface area contributed by atoms with Crippen LogP contribution in [0.3, 0.4) is 0 Å². The molecule has 0 amide bonds. The van der Waals surface area contributed by atoms with Crippen LogP contribution in [0, 0.1) is 6.92 Å². The van der Waals surface area contributed by atoms with E-state index in [0.717, 1.165) is 31.0 Å². The Hall–Kier alpha value is -2.38. The van der Waals surface area contributed by atoms with E-state index >= 15 is 0 Å². The van der Waals surface area contributed by atoms with E-state index in [0.29, 0.717) is 0 Å². The predicted molar refractivity (Wildman–Crippen MR) is 88.3 cm³/mol. The van der Waals surface area contributed by atoms with Gasteiger partial charge in [0.25, 0.3) is 0 Å². The van der Waals surface area contributed by atoms with Crippen LogP contribution in [-0.4, -0.2) is 49.2 Å². The van der Waals surface area contributed by atoms with Gasteiger partial charge in [-0.3, -0.25) is 19.3 Å². The lowest BCUT2D eigenvalue weighted by Gasteiger charge is -2.22. The Kier molecular flexibility index (Phi) is 3.95. The fourth-order valence-electron chi connectivity index (χ4n) is 3.41. The standard InChI is InChI=1S/C17H20N6O/c1-12-5-13(8-19-7-12)10-22-11-14(24-2)6-15(22)17-21-20-16-9-18-3-4-23(16)17/h3-5,7-9,14-15H,6,10-11H2,1-2H3/t14-,15+/m1/s1. The molecule has 1 aliphatic heterocycles. The summed E-state index contributed by atoms with van der Waals surface area (Å²) in [7, 11) is 1.77. The third kappa shape index (κ3) is 2.76. The van der Waals surface area contributed by atoms with Gasteiger partial charge in [-0.2, -0.15) is 0 Å². The Labute approximate surface area is 140 Å². The molecular formula is C17H20N6O. The molecule has 0 spiro atoms. The van der Waals surface area contributed by atoms with Gasteiger partial charge in [-0.1, -0.05) is 6.07 Å². The zero-order chi connectivity index (χ0) is 16.5. The smallest absolute Gasteiger partial charge is 0.179 e. The fourth-order valence-corrected chi connectivity index (χ4v) is 3.41. The molecule has 7 nitrogen and oxygen atoms in total. The monoisotopic (exact) mass is 324 g/mol. The Morgan fingerprint density at radius 3 is 2.96 bits per heavy atom. The molecule has 4 heterocycles. The van der Waals surface area contributed by atoms with Crippen molar-refractivity contribution in [3.05, 3.63) is 54.0 Å². The van der Waals surface area contributed by atoms with Crippen molar-refractivity contribution in [1.82, 2.24) is 29.5 Å². The van der Waals surface area contributed by atoms with Crippen molar-refractivity contribution in [3.8, 4) is 0 Å². The van der Waals surface area contributed by atoms with Crippen LogP contribution in [0.15, 0.2) is 37.1 Å². The summed E-state index contributed by atoms with van der Waals surface area (Å²) in [6.07, 6.45) is 10.3. The molecule has 2 atom stereocenters. The SMILES string of the molecule is CO[C@@H]1C[C@@H](c2nnc3cnccn23)N(Cc2cncc(C)c2)C1. The number of hydrogen-bond donors (Lipinski definition) is 0. The van der Waals surface area contributed by atoms with Crippen molar-refractivity contribution in [2.75, 3.05) is 13.7 Å². The molecule has 0 saturated carbocycles. The van der Waals surface area contributed by atoms with Crippen molar-refractivity contribution in [2.45, 2.75) is 32.0 Å². The minimum absolute atomic E-state index is 0.160. The van der Waals surface area contributed by atoms with Gasteiger partial charge >= 0.3 is 0 Å². The maximum atomic E-state index is 5.62. The van der Waals surface area contributed by atoms with E-state index in [9.17, 15) is 0 Å². The number of fused-ring (bicyclic) bond motifs is 1. The third-order valence-corrected chi connectivity index (χ3v) is 4.55. The Balaban J connectivity index is 1.66. The highest BCUT2D eigenvalue weighted by Crippen LogP contribution is 2.33. The van der Waals surface area contributed by atoms with E-state index in [1.807, 2.05) is 23.0 Å². The van der Waals surface area contributed by atoms with Crippen molar-refractivity contribution < 1.29 is 4.74 Å². The van der Waals surface area contributed by atoms with Gasteiger partial charge in [-0.15, -0.1) is 10.2 Å². The minimum atomic E-state index is 0.160. The summed E-state index contributed by atoms with van der Waals surface area (Å²) in [6, 6.07) is 2.34. The number of aromatic nitrogens is 5. The van der Waals surface area contributed by atoms with Crippen molar-refractivity contribution in [3.63, 3.8) is 0 Å². The van der Waals surface area contributed by atoms with Gasteiger partial charge in [0.2, 0.25) is 0 Å². The number of rotatable bonds is 4. The van der Waals surface area contributed by atoms with Crippen LogP contribution in [-0.2, 0) is 11.3 Å². The number of pyridine rings is 1. The number of hydrogen-bond acceptors (Lipinski definition) is 6. The van der Waals surface area contributed by atoms with Crippen LogP contribution in [0.5, 0.6) is 0 Å². The maximum absolute atomic E-state index is 5.62. The molecule has 1 fully saturated rings. The first-order valence-corrected chi connectivity index (χ1v) is 8.06. The van der Waals surface area contributed by atoms with Crippen LogP contribution < -0.4 is 0 Å². The number of ether oxygens (including phenoxy) is 1. The molecule has 24 heavy (non-hydrogen) atoms. The summed E-state index contributed by atoms with van der Waals surface area (Å²) in [5.74, 6) is 0.938. The van der Waals surface area contributed by atoms with E-state index in [1.54, 1.807) is 19.5 Å². The van der Waals surface area contributed by atoms with Crippen molar-refractivity contribution in [1.29, 1.82) is 0 Å².